The largest absolute Gasteiger partial charge is 0.357 e. The van der Waals surface area contributed by atoms with Crippen molar-refractivity contribution in [3.05, 3.63) is 23.9 Å². The average Bonchev–Trinajstić information content (AvgIpc) is 2.37. The average molecular weight is 235 g/mol. The van der Waals surface area contributed by atoms with Crippen molar-refractivity contribution in [2.45, 2.75) is 46.2 Å². The summed E-state index contributed by atoms with van der Waals surface area (Å²) in [6, 6.07) is 5.17. The lowest BCUT2D eigenvalue weighted by Crippen LogP contribution is -2.28. The Morgan fingerprint density at radius 1 is 1.29 bits per heavy atom. The second-order valence-electron chi connectivity index (χ2n) is 4.60. The van der Waals surface area contributed by atoms with Gasteiger partial charge in [-0.25, -0.2) is 4.98 Å². The van der Waals surface area contributed by atoms with E-state index >= 15 is 0 Å². The summed E-state index contributed by atoms with van der Waals surface area (Å²) in [4.78, 5) is 6.76. The fourth-order valence-corrected chi connectivity index (χ4v) is 1.79. The van der Waals surface area contributed by atoms with Gasteiger partial charge in [-0.3, -0.25) is 0 Å². The molecule has 0 saturated heterocycles. The van der Waals surface area contributed by atoms with E-state index in [0.29, 0.717) is 12.1 Å². The Morgan fingerprint density at radius 3 is 2.47 bits per heavy atom. The molecule has 0 saturated carbocycles. The Kier molecular flexibility index (Phi) is 5.42. The minimum atomic E-state index is 0.371. The molecule has 0 bridgehead atoms. The summed E-state index contributed by atoms with van der Waals surface area (Å²) >= 11 is 0. The van der Waals surface area contributed by atoms with E-state index in [0.717, 1.165) is 18.8 Å². The van der Waals surface area contributed by atoms with Crippen LogP contribution in [0.1, 0.15) is 45.7 Å². The minimum absolute atomic E-state index is 0.371. The summed E-state index contributed by atoms with van der Waals surface area (Å²) < 4.78 is 0. The fourth-order valence-electron chi connectivity index (χ4n) is 1.79. The van der Waals surface area contributed by atoms with E-state index in [2.05, 4.69) is 62.1 Å². The number of rotatable bonds is 6. The van der Waals surface area contributed by atoms with E-state index in [1.165, 1.54) is 5.56 Å². The monoisotopic (exact) mass is 235 g/mol. The standard InChI is InChI=1S/C14H25N3/c1-6-11(3)17(5)14-9-8-13(10-16-14)12(4)15-7-2/h8-12,15H,6-7H2,1-5H3. The van der Waals surface area contributed by atoms with E-state index in [9.17, 15) is 0 Å². The number of anilines is 1. The molecule has 1 aromatic heterocycles. The van der Waals surface area contributed by atoms with E-state index in [1.807, 2.05) is 6.20 Å². The fraction of sp³-hybridized carbons (Fsp3) is 0.643. The molecule has 0 aliphatic carbocycles. The van der Waals surface area contributed by atoms with Gasteiger partial charge >= 0.3 is 0 Å². The summed E-state index contributed by atoms with van der Waals surface area (Å²) in [5, 5.41) is 3.39. The normalized spacial score (nSPS) is 14.4. The lowest BCUT2D eigenvalue weighted by molar-refractivity contribution is 0.595. The Balaban J connectivity index is 2.73. The third-order valence-electron chi connectivity index (χ3n) is 3.39. The number of aromatic nitrogens is 1. The van der Waals surface area contributed by atoms with Crippen LogP contribution >= 0.6 is 0 Å². The first-order valence-corrected chi connectivity index (χ1v) is 6.52. The van der Waals surface area contributed by atoms with Gasteiger partial charge in [-0.15, -0.1) is 0 Å². The molecule has 17 heavy (non-hydrogen) atoms. The summed E-state index contributed by atoms with van der Waals surface area (Å²) in [6.07, 6.45) is 3.11. The van der Waals surface area contributed by atoms with Crippen LogP contribution in [0.4, 0.5) is 5.82 Å². The molecule has 2 atom stereocenters. The molecule has 1 N–H and O–H groups in total. The lowest BCUT2D eigenvalue weighted by Gasteiger charge is -2.25. The molecule has 1 aromatic rings. The van der Waals surface area contributed by atoms with Gasteiger partial charge < -0.3 is 10.2 Å². The highest BCUT2D eigenvalue weighted by atomic mass is 15.2. The summed E-state index contributed by atoms with van der Waals surface area (Å²) in [6.45, 7) is 9.68. The highest BCUT2D eigenvalue weighted by Crippen LogP contribution is 2.17. The van der Waals surface area contributed by atoms with E-state index in [-0.39, 0.29) is 0 Å². The number of hydrogen-bond acceptors (Lipinski definition) is 3. The van der Waals surface area contributed by atoms with Crippen LogP contribution in [0.15, 0.2) is 18.3 Å². The van der Waals surface area contributed by atoms with Crippen molar-refractivity contribution in [3.63, 3.8) is 0 Å². The van der Waals surface area contributed by atoms with Crippen LogP contribution in [0, 0.1) is 0 Å². The molecule has 0 fully saturated rings. The summed E-state index contributed by atoms with van der Waals surface area (Å²) in [5.74, 6) is 1.05. The van der Waals surface area contributed by atoms with E-state index in [4.69, 9.17) is 0 Å². The van der Waals surface area contributed by atoms with Gasteiger partial charge in [-0.1, -0.05) is 19.9 Å². The van der Waals surface area contributed by atoms with Crippen molar-refractivity contribution in [1.82, 2.24) is 10.3 Å². The van der Waals surface area contributed by atoms with Gasteiger partial charge in [-0.05, 0) is 38.4 Å². The predicted octanol–water partition coefficient (Wildman–Crippen LogP) is 2.99. The van der Waals surface area contributed by atoms with Gasteiger partial charge in [-0.2, -0.15) is 0 Å². The first-order valence-electron chi connectivity index (χ1n) is 6.52. The third-order valence-corrected chi connectivity index (χ3v) is 3.39. The van der Waals surface area contributed by atoms with Crippen LogP contribution in [0.25, 0.3) is 0 Å². The SMILES string of the molecule is CCNC(C)c1ccc(N(C)C(C)CC)nc1. The Labute approximate surface area is 105 Å². The van der Waals surface area contributed by atoms with E-state index in [1.54, 1.807) is 0 Å². The molecule has 96 valence electrons. The molecule has 2 unspecified atom stereocenters. The van der Waals surface area contributed by atoms with Crippen LogP contribution in [-0.2, 0) is 0 Å². The molecular weight excluding hydrogens is 210 g/mol. The van der Waals surface area contributed by atoms with Crippen molar-refractivity contribution in [1.29, 1.82) is 0 Å². The van der Waals surface area contributed by atoms with Crippen LogP contribution in [0.3, 0.4) is 0 Å². The van der Waals surface area contributed by atoms with Gasteiger partial charge in [0.2, 0.25) is 0 Å². The van der Waals surface area contributed by atoms with Crippen molar-refractivity contribution in [3.8, 4) is 0 Å². The maximum Gasteiger partial charge on any atom is 0.128 e. The second kappa shape index (κ2) is 6.60. The molecule has 0 radical (unpaired) electrons. The maximum absolute atomic E-state index is 4.54. The van der Waals surface area contributed by atoms with Crippen molar-refractivity contribution in [2.24, 2.45) is 0 Å². The number of hydrogen-bond donors (Lipinski definition) is 1. The zero-order valence-corrected chi connectivity index (χ0v) is 11.7. The zero-order valence-electron chi connectivity index (χ0n) is 11.7. The topological polar surface area (TPSA) is 28.2 Å². The highest BCUT2D eigenvalue weighted by molar-refractivity contribution is 5.39. The number of pyridine rings is 1. The summed E-state index contributed by atoms with van der Waals surface area (Å²) in [7, 11) is 2.10. The maximum atomic E-state index is 4.54. The van der Waals surface area contributed by atoms with Gasteiger partial charge in [0.15, 0.2) is 0 Å². The number of nitrogens with one attached hydrogen (secondary N) is 1. The Bertz CT molecular complexity index is 321. The quantitative estimate of drug-likeness (QED) is 0.821. The predicted molar refractivity (Wildman–Crippen MR) is 74.5 cm³/mol. The molecule has 1 rings (SSSR count). The van der Waals surface area contributed by atoms with Crippen molar-refractivity contribution < 1.29 is 0 Å². The second-order valence-corrected chi connectivity index (χ2v) is 4.60. The van der Waals surface area contributed by atoms with Gasteiger partial charge in [0.05, 0.1) is 0 Å². The molecule has 0 spiro atoms. The first kappa shape index (κ1) is 14.0. The summed E-state index contributed by atoms with van der Waals surface area (Å²) in [5.41, 5.74) is 1.24. The lowest BCUT2D eigenvalue weighted by atomic mass is 10.1. The molecule has 0 amide bonds. The first-order chi connectivity index (χ1) is 8.10. The molecule has 1 heterocycles. The molecule has 0 aromatic carbocycles. The Morgan fingerprint density at radius 2 is 2.00 bits per heavy atom. The van der Waals surface area contributed by atoms with Gasteiger partial charge in [0.1, 0.15) is 5.82 Å². The van der Waals surface area contributed by atoms with Crippen molar-refractivity contribution >= 4 is 5.82 Å². The van der Waals surface area contributed by atoms with Gasteiger partial charge in [0.25, 0.3) is 0 Å². The smallest absolute Gasteiger partial charge is 0.128 e. The molecule has 0 aliphatic rings. The van der Waals surface area contributed by atoms with E-state index < -0.39 is 0 Å². The van der Waals surface area contributed by atoms with Crippen LogP contribution in [0.5, 0.6) is 0 Å². The van der Waals surface area contributed by atoms with Crippen LogP contribution in [-0.4, -0.2) is 24.6 Å². The van der Waals surface area contributed by atoms with Crippen LogP contribution < -0.4 is 10.2 Å². The number of nitrogens with zero attached hydrogens (tertiary/aromatic N) is 2. The molecule has 3 nitrogen and oxygen atoms in total. The highest BCUT2D eigenvalue weighted by Gasteiger charge is 2.10. The van der Waals surface area contributed by atoms with Crippen molar-refractivity contribution in [2.75, 3.05) is 18.5 Å². The Hall–Kier alpha value is -1.09. The van der Waals surface area contributed by atoms with Gasteiger partial charge in [0, 0.05) is 25.3 Å². The van der Waals surface area contributed by atoms with Crippen LogP contribution in [0.2, 0.25) is 0 Å². The molecule has 3 heteroatoms. The zero-order chi connectivity index (χ0) is 12.8. The molecule has 0 aliphatic heterocycles. The minimum Gasteiger partial charge on any atom is -0.357 e. The third kappa shape index (κ3) is 3.70. The molecular formula is C14H25N3.